The topological polar surface area (TPSA) is 38.5 Å². The van der Waals surface area contributed by atoms with Gasteiger partial charge in [0.15, 0.2) is 0 Å². The lowest BCUT2D eigenvalue weighted by molar-refractivity contribution is -0.119. The number of likely N-dealkylation sites (N-methyl/N-ethyl adjacent to an activating group) is 1. The van der Waals surface area contributed by atoms with E-state index in [1.165, 1.54) is 4.88 Å². The molecule has 4 heteroatoms. The molecule has 1 aliphatic rings. The summed E-state index contributed by atoms with van der Waals surface area (Å²) < 4.78 is 5.86. The van der Waals surface area contributed by atoms with Gasteiger partial charge in [0.05, 0.1) is 5.60 Å². The molecule has 2 unspecified atom stereocenters. The Labute approximate surface area is 120 Å². The van der Waals surface area contributed by atoms with E-state index in [1.54, 1.807) is 0 Å². The minimum absolute atomic E-state index is 0.0468. The first kappa shape index (κ1) is 15.0. The minimum Gasteiger partial charge on any atom is -0.375 e. The largest absolute Gasteiger partial charge is 0.375 e. The molecule has 0 saturated carbocycles. The average Bonchev–Trinajstić information content (AvgIpc) is 2.89. The van der Waals surface area contributed by atoms with E-state index in [9.17, 15) is 0 Å². The number of ether oxygens (including phenoxy) is 1. The molecule has 1 fully saturated rings. The van der Waals surface area contributed by atoms with Crippen LogP contribution < -0.4 is 5.73 Å². The van der Waals surface area contributed by atoms with Gasteiger partial charge in [0, 0.05) is 29.6 Å². The van der Waals surface area contributed by atoms with Gasteiger partial charge in [-0.1, -0.05) is 6.07 Å². The molecule has 108 valence electrons. The minimum atomic E-state index is -0.0823. The van der Waals surface area contributed by atoms with Crippen molar-refractivity contribution in [3.8, 4) is 0 Å². The summed E-state index contributed by atoms with van der Waals surface area (Å²) >= 11 is 1.82. The maximum Gasteiger partial charge on any atom is 0.0644 e. The molecular formula is C15H26N2OS. The normalized spacial score (nSPS) is 28.5. The van der Waals surface area contributed by atoms with E-state index in [4.69, 9.17) is 10.5 Å². The molecule has 0 amide bonds. The van der Waals surface area contributed by atoms with E-state index in [1.807, 2.05) is 11.3 Å². The second kappa shape index (κ2) is 5.52. The summed E-state index contributed by atoms with van der Waals surface area (Å²) in [6, 6.07) is 4.73. The van der Waals surface area contributed by atoms with Crippen LogP contribution in [0.1, 0.15) is 44.5 Å². The molecular weight excluding hydrogens is 256 g/mol. The summed E-state index contributed by atoms with van der Waals surface area (Å²) in [6.45, 7) is 8.09. The van der Waals surface area contributed by atoms with Crippen LogP contribution in [0.2, 0.25) is 0 Å². The lowest BCUT2D eigenvalue weighted by Crippen LogP contribution is -2.59. The first-order chi connectivity index (χ1) is 8.90. The van der Waals surface area contributed by atoms with Crippen molar-refractivity contribution in [1.29, 1.82) is 0 Å². The van der Waals surface area contributed by atoms with E-state index in [0.717, 1.165) is 19.4 Å². The summed E-state index contributed by atoms with van der Waals surface area (Å²) in [5.41, 5.74) is 6.12. The number of nitrogens with zero attached hydrogens (tertiary/aromatic N) is 1. The number of nitrogens with two attached hydrogens (primary N) is 1. The quantitative estimate of drug-likeness (QED) is 0.922. The molecule has 2 N–H and O–H groups in total. The van der Waals surface area contributed by atoms with Gasteiger partial charge in [-0.05, 0) is 52.1 Å². The van der Waals surface area contributed by atoms with E-state index in [2.05, 4.69) is 50.2 Å². The molecule has 0 aliphatic carbocycles. The van der Waals surface area contributed by atoms with Gasteiger partial charge in [-0.2, -0.15) is 0 Å². The lowest BCUT2D eigenvalue weighted by Gasteiger charge is -2.51. The second-order valence-electron chi connectivity index (χ2n) is 6.27. The maximum atomic E-state index is 6.16. The molecule has 0 radical (unpaired) electrons. The van der Waals surface area contributed by atoms with Gasteiger partial charge in [0.1, 0.15) is 0 Å². The van der Waals surface area contributed by atoms with E-state index < -0.39 is 0 Å². The van der Waals surface area contributed by atoms with Crippen molar-refractivity contribution < 1.29 is 4.74 Å². The van der Waals surface area contributed by atoms with Crippen LogP contribution in [0.15, 0.2) is 17.5 Å². The predicted molar refractivity (Wildman–Crippen MR) is 81.5 cm³/mol. The monoisotopic (exact) mass is 282 g/mol. The van der Waals surface area contributed by atoms with Crippen LogP contribution in [0, 0.1) is 0 Å². The fraction of sp³-hybridized carbons (Fsp3) is 0.733. The first-order valence-electron chi connectivity index (χ1n) is 7.01. The molecule has 0 aromatic carbocycles. The van der Waals surface area contributed by atoms with Crippen molar-refractivity contribution >= 4 is 11.3 Å². The fourth-order valence-corrected chi connectivity index (χ4v) is 4.03. The predicted octanol–water partition coefficient (Wildman–Crippen LogP) is 3.03. The molecule has 1 aliphatic heterocycles. The third-order valence-corrected chi connectivity index (χ3v) is 5.52. The van der Waals surface area contributed by atoms with Crippen LogP contribution >= 0.6 is 11.3 Å². The summed E-state index contributed by atoms with van der Waals surface area (Å²) in [6.07, 6.45) is 2.00. The van der Waals surface area contributed by atoms with Gasteiger partial charge in [-0.25, -0.2) is 0 Å². The van der Waals surface area contributed by atoms with Crippen molar-refractivity contribution in [2.24, 2.45) is 5.73 Å². The fourth-order valence-electron chi connectivity index (χ4n) is 3.20. The Balaban J connectivity index is 2.20. The van der Waals surface area contributed by atoms with Crippen LogP contribution in [-0.2, 0) is 4.74 Å². The highest BCUT2D eigenvalue weighted by Gasteiger charge is 2.44. The molecule has 2 atom stereocenters. The SMILES string of the molecule is CC(c1cccs1)N(C)C1(CN)CCOC(C)(C)C1. The van der Waals surface area contributed by atoms with Gasteiger partial charge >= 0.3 is 0 Å². The van der Waals surface area contributed by atoms with Crippen LogP contribution in [-0.4, -0.2) is 36.2 Å². The highest BCUT2D eigenvalue weighted by molar-refractivity contribution is 7.10. The second-order valence-corrected chi connectivity index (χ2v) is 7.24. The van der Waals surface area contributed by atoms with Crippen LogP contribution in [0.3, 0.4) is 0 Å². The first-order valence-corrected chi connectivity index (χ1v) is 7.89. The summed E-state index contributed by atoms with van der Waals surface area (Å²) in [5, 5.41) is 2.14. The standard InChI is InChI=1S/C15H26N2OS/c1-12(13-6-5-9-19-13)17(4)15(11-16)7-8-18-14(2,3)10-15/h5-6,9,12H,7-8,10-11,16H2,1-4H3. The Hall–Kier alpha value is -0.420. The Morgan fingerprint density at radius 3 is 2.79 bits per heavy atom. The van der Waals surface area contributed by atoms with Crippen molar-refractivity contribution in [2.75, 3.05) is 20.2 Å². The zero-order valence-electron chi connectivity index (χ0n) is 12.5. The average molecular weight is 282 g/mol. The van der Waals surface area contributed by atoms with Gasteiger partial charge in [-0.15, -0.1) is 11.3 Å². The third kappa shape index (κ3) is 3.02. The number of hydrogen-bond acceptors (Lipinski definition) is 4. The Morgan fingerprint density at radius 1 is 1.53 bits per heavy atom. The smallest absolute Gasteiger partial charge is 0.0644 e. The zero-order chi connectivity index (χ0) is 14.1. The van der Waals surface area contributed by atoms with Gasteiger partial charge in [0.25, 0.3) is 0 Å². The van der Waals surface area contributed by atoms with E-state index >= 15 is 0 Å². The van der Waals surface area contributed by atoms with Crippen molar-refractivity contribution in [2.45, 2.75) is 50.8 Å². The number of hydrogen-bond donors (Lipinski definition) is 1. The maximum absolute atomic E-state index is 6.16. The molecule has 1 saturated heterocycles. The molecule has 2 rings (SSSR count). The Morgan fingerprint density at radius 2 is 2.26 bits per heavy atom. The van der Waals surface area contributed by atoms with Crippen LogP contribution in [0.25, 0.3) is 0 Å². The van der Waals surface area contributed by atoms with Crippen molar-refractivity contribution in [1.82, 2.24) is 4.90 Å². The lowest BCUT2D eigenvalue weighted by atomic mass is 9.79. The van der Waals surface area contributed by atoms with Crippen molar-refractivity contribution in [3.63, 3.8) is 0 Å². The molecule has 0 bridgehead atoms. The number of rotatable bonds is 4. The molecule has 0 spiro atoms. The Bertz CT molecular complexity index is 404. The van der Waals surface area contributed by atoms with Crippen molar-refractivity contribution in [3.05, 3.63) is 22.4 Å². The van der Waals surface area contributed by atoms with Crippen LogP contribution in [0.5, 0.6) is 0 Å². The van der Waals surface area contributed by atoms with E-state index in [0.29, 0.717) is 12.6 Å². The molecule has 3 nitrogen and oxygen atoms in total. The number of thiophene rings is 1. The zero-order valence-corrected chi connectivity index (χ0v) is 13.3. The molecule has 19 heavy (non-hydrogen) atoms. The van der Waals surface area contributed by atoms with Gasteiger partial charge < -0.3 is 10.5 Å². The molecule has 1 aromatic rings. The highest BCUT2D eigenvalue weighted by Crippen LogP contribution is 2.39. The van der Waals surface area contributed by atoms with Gasteiger partial charge in [-0.3, -0.25) is 4.90 Å². The Kier molecular flexibility index (Phi) is 4.35. The molecule has 1 aromatic heterocycles. The van der Waals surface area contributed by atoms with E-state index in [-0.39, 0.29) is 11.1 Å². The van der Waals surface area contributed by atoms with Crippen LogP contribution in [0.4, 0.5) is 0 Å². The highest BCUT2D eigenvalue weighted by atomic mass is 32.1. The molecule has 2 heterocycles. The summed E-state index contributed by atoms with van der Waals surface area (Å²) in [4.78, 5) is 3.86. The summed E-state index contributed by atoms with van der Waals surface area (Å²) in [7, 11) is 2.21. The van der Waals surface area contributed by atoms with Gasteiger partial charge in [0.2, 0.25) is 0 Å². The summed E-state index contributed by atoms with van der Waals surface area (Å²) in [5.74, 6) is 0. The third-order valence-electron chi connectivity index (χ3n) is 4.48.